The molecule has 2 amide bonds. The maximum absolute atomic E-state index is 12.8. The lowest BCUT2D eigenvalue weighted by Crippen LogP contribution is -2.45. The Morgan fingerprint density at radius 3 is 2.42 bits per heavy atom. The van der Waals surface area contributed by atoms with Crippen LogP contribution < -0.4 is 4.90 Å². The van der Waals surface area contributed by atoms with Crippen molar-refractivity contribution in [2.24, 2.45) is 11.8 Å². The lowest BCUT2D eigenvalue weighted by atomic mass is 9.95. The van der Waals surface area contributed by atoms with E-state index in [2.05, 4.69) is 10.2 Å². The van der Waals surface area contributed by atoms with Crippen LogP contribution in [0.2, 0.25) is 0 Å². The molecule has 3 rings (SSSR count). The number of rotatable bonds is 3. The van der Waals surface area contributed by atoms with Gasteiger partial charge in [-0.15, -0.1) is 10.2 Å². The number of hydrogen-bond acceptors (Lipinski definition) is 5. The van der Waals surface area contributed by atoms with Crippen LogP contribution in [0.3, 0.4) is 0 Å². The number of anilines is 1. The minimum Gasteiger partial charge on any atom is -0.342 e. The summed E-state index contributed by atoms with van der Waals surface area (Å²) < 4.78 is 38.3. The number of aromatic nitrogens is 2. The molecule has 0 aromatic carbocycles. The Kier molecular flexibility index (Phi) is 5.23. The van der Waals surface area contributed by atoms with Crippen molar-refractivity contribution >= 4 is 28.3 Å². The summed E-state index contributed by atoms with van der Waals surface area (Å²) in [5.74, 6) is -2.11. The molecule has 26 heavy (non-hydrogen) atoms. The molecule has 2 aliphatic heterocycles. The van der Waals surface area contributed by atoms with Crippen LogP contribution in [0.15, 0.2) is 0 Å². The minimum absolute atomic E-state index is 0.0641. The SMILES string of the molecule is CC(C)c1nnc(N2CC(C(=O)N3CCC(C(F)(F)F)CC3)CC2=O)s1. The Hall–Kier alpha value is -1.71. The highest BCUT2D eigenvalue weighted by molar-refractivity contribution is 7.15. The molecule has 1 unspecified atom stereocenters. The average Bonchev–Trinajstić information content (AvgIpc) is 3.20. The van der Waals surface area contributed by atoms with E-state index < -0.39 is 18.0 Å². The van der Waals surface area contributed by atoms with Crippen molar-refractivity contribution in [3.8, 4) is 0 Å². The third-order valence-corrected chi connectivity index (χ3v) is 6.15. The maximum atomic E-state index is 12.8. The fraction of sp³-hybridized carbons (Fsp3) is 0.750. The van der Waals surface area contributed by atoms with Crippen LogP contribution >= 0.6 is 11.3 Å². The first-order valence-electron chi connectivity index (χ1n) is 8.66. The Bertz CT molecular complexity index is 683. The van der Waals surface area contributed by atoms with Gasteiger partial charge in [0.25, 0.3) is 0 Å². The maximum Gasteiger partial charge on any atom is 0.391 e. The molecular formula is C16H21F3N4O2S. The summed E-state index contributed by atoms with van der Waals surface area (Å²) in [4.78, 5) is 27.8. The van der Waals surface area contributed by atoms with Gasteiger partial charge in [0.05, 0.1) is 11.8 Å². The summed E-state index contributed by atoms with van der Waals surface area (Å²) in [7, 11) is 0. The van der Waals surface area contributed by atoms with Crippen LogP contribution in [0.1, 0.15) is 44.0 Å². The van der Waals surface area contributed by atoms with E-state index in [4.69, 9.17) is 0 Å². The van der Waals surface area contributed by atoms with Gasteiger partial charge < -0.3 is 4.90 Å². The lowest BCUT2D eigenvalue weighted by Gasteiger charge is -2.34. The second-order valence-electron chi connectivity index (χ2n) is 7.12. The molecule has 0 bridgehead atoms. The molecule has 0 N–H and O–H groups in total. The summed E-state index contributed by atoms with van der Waals surface area (Å²) in [5.41, 5.74) is 0. The smallest absolute Gasteiger partial charge is 0.342 e. The van der Waals surface area contributed by atoms with Crippen LogP contribution in [0.4, 0.5) is 18.3 Å². The van der Waals surface area contributed by atoms with Crippen molar-refractivity contribution in [1.29, 1.82) is 0 Å². The predicted molar refractivity (Wildman–Crippen MR) is 89.8 cm³/mol. The first-order chi connectivity index (χ1) is 12.2. The van der Waals surface area contributed by atoms with Crippen molar-refractivity contribution in [3.63, 3.8) is 0 Å². The summed E-state index contributed by atoms with van der Waals surface area (Å²) in [6.07, 6.45) is -4.29. The minimum atomic E-state index is -4.21. The molecule has 0 saturated carbocycles. The molecule has 1 aromatic heterocycles. The van der Waals surface area contributed by atoms with Crippen molar-refractivity contribution in [3.05, 3.63) is 5.01 Å². The first-order valence-corrected chi connectivity index (χ1v) is 9.47. The number of carbonyl (C=O) groups excluding carboxylic acids is 2. The summed E-state index contributed by atoms with van der Waals surface area (Å²) >= 11 is 1.33. The number of nitrogens with zero attached hydrogens (tertiary/aromatic N) is 4. The van der Waals surface area contributed by atoms with E-state index in [0.29, 0.717) is 5.13 Å². The predicted octanol–water partition coefficient (Wildman–Crippen LogP) is 2.82. The quantitative estimate of drug-likeness (QED) is 0.796. The molecule has 0 spiro atoms. The van der Waals surface area contributed by atoms with Gasteiger partial charge in [0.2, 0.25) is 16.9 Å². The summed E-state index contributed by atoms with van der Waals surface area (Å²) in [6, 6.07) is 0. The van der Waals surface area contributed by atoms with Gasteiger partial charge in [-0.25, -0.2) is 0 Å². The van der Waals surface area contributed by atoms with Gasteiger partial charge in [0, 0.05) is 32.0 Å². The number of carbonyl (C=O) groups is 2. The van der Waals surface area contributed by atoms with Crippen LogP contribution in [0, 0.1) is 11.8 Å². The van der Waals surface area contributed by atoms with Crippen LogP contribution in [0.5, 0.6) is 0 Å². The number of piperidine rings is 1. The zero-order valence-electron chi connectivity index (χ0n) is 14.6. The third kappa shape index (κ3) is 3.84. The molecule has 144 valence electrons. The van der Waals surface area contributed by atoms with Crippen LogP contribution in [-0.2, 0) is 9.59 Å². The van der Waals surface area contributed by atoms with Gasteiger partial charge in [0.1, 0.15) is 5.01 Å². The topological polar surface area (TPSA) is 66.4 Å². The Morgan fingerprint density at radius 1 is 1.23 bits per heavy atom. The van der Waals surface area contributed by atoms with Crippen LogP contribution in [-0.4, -0.2) is 52.7 Å². The lowest BCUT2D eigenvalue weighted by molar-refractivity contribution is -0.186. The average molecular weight is 390 g/mol. The molecule has 0 radical (unpaired) electrons. The first kappa shape index (κ1) is 19.1. The number of amides is 2. The molecule has 6 nitrogen and oxygen atoms in total. The molecule has 2 aliphatic rings. The van der Waals surface area contributed by atoms with Crippen molar-refractivity contribution in [2.45, 2.75) is 45.2 Å². The fourth-order valence-electron chi connectivity index (χ4n) is 3.31. The highest BCUT2D eigenvalue weighted by atomic mass is 32.1. The molecule has 10 heteroatoms. The van der Waals surface area contributed by atoms with E-state index in [9.17, 15) is 22.8 Å². The summed E-state index contributed by atoms with van der Waals surface area (Å²) in [6.45, 7) is 4.34. The summed E-state index contributed by atoms with van der Waals surface area (Å²) in [5, 5.41) is 9.39. The van der Waals surface area contributed by atoms with Gasteiger partial charge in [0.15, 0.2) is 0 Å². The Morgan fingerprint density at radius 2 is 1.88 bits per heavy atom. The number of halogens is 3. The molecule has 2 fully saturated rings. The van der Waals surface area contributed by atoms with Gasteiger partial charge >= 0.3 is 6.18 Å². The Balaban J connectivity index is 1.61. The standard InChI is InChI=1S/C16H21F3N4O2S/c1-9(2)13-20-21-15(26-13)23-8-10(7-12(23)24)14(25)22-5-3-11(4-6-22)16(17,18)19/h9-11H,3-8H2,1-2H3. The molecular weight excluding hydrogens is 369 g/mol. The van der Waals surface area contributed by atoms with E-state index in [-0.39, 0.29) is 56.6 Å². The highest BCUT2D eigenvalue weighted by Crippen LogP contribution is 2.35. The van der Waals surface area contributed by atoms with Crippen molar-refractivity contribution in [2.75, 3.05) is 24.5 Å². The Labute approximate surface area is 153 Å². The van der Waals surface area contributed by atoms with E-state index in [1.807, 2.05) is 13.8 Å². The van der Waals surface area contributed by atoms with Crippen molar-refractivity contribution in [1.82, 2.24) is 15.1 Å². The number of alkyl halides is 3. The molecule has 1 atom stereocenters. The van der Waals surface area contributed by atoms with Crippen molar-refractivity contribution < 1.29 is 22.8 Å². The zero-order valence-corrected chi connectivity index (χ0v) is 15.4. The molecule has 1 aromatic rings. The molecule has 0 aliphatic carbocycles. The van der Waals surface area contributed by atoms with Gasteiger partial charge in [-0.1, -0.05) is 25.2 Å². The van der Waals surface area contributed by atoms with E-state index in [1.165, 1.54) is 21.1 Å². The van der Waals surface area contributed by atoms with E-state index in [1.54, 1.807) is 0 Å². The third-order valence-electron chi connectivity index (χ3n) is 4.90. The largest absolute Gasteiger partial charge is 0.391 e. The van der Waals surface area contributed by atoms with Crippen LogP contribution in [0.25, 0.3) is 0 Å². The fourth-order valence-corrected chi connectivity index (χ4v) is 4.18. The number of hydrogen-bond donors (Lipinski definition) is 0. The molecule has 2 saturated heterocycles. The van der Waals surface area contributed by atoms with E-state index >= 15 is 0 Å². The molecule has 3 heterocycles. The monoisotopic (exact) mass is 390 g/mol. The highest BCUT2D eigenvalue weighted by Gasteiger charge is 2.44. The second-order valence-corrected chi connectivity index (χ2v) is 8.11. The number of likely N-dealkylation sites (tertiary alicyclic amines) is 1. The van der Waals surface area contributed by atoms with Gasteiger partial charge in [-0.2, -0.15) is 13.2 Å². The van der Waals surface area contributed by atoms with E-state index in [0.717, 1.165) is 5.01 Å². The second kappa shape index (κ2) is 7.13. The zero-order chi connectivity index (χ0) is 19.1. The normalized spacial score (nSPS) is 22.5. The van der Waals surface area contributed by atoms with Gasteiger partial charge in [-0.05, 0) is 12.8 Å². The van der Waals surface area contributed by atoms with Gasteiger partial charge in [-0.3, -0.25) is 14.5 Å².